The van der Waals surface area contributed by atoms with Gasteiger partial charge in [-0.2, -0.15) is 0 Å². The van der Waals surface area contributed by atoms with Crippen LogP contribution in [0.1, 0.15) is 5.56 Å². The van der Waals surface area contributed by atoms with Gasteiger partial charge in [-0.25, -0.2) is 4.79 Å². The van der Waals surface area contributed by atoms with Gasteiger partial charge in [0.25, 0.3) is 0 Å². The topological polar surface area (TPSA) is 66.9 Å². The van der Waals surface area contributed by atoms with E-state index in [4.69, 9.17) is 16.3 Å². The highest BCUT2D eigenvalue weighted by Crippen LogP contribution is 2.33. The van der Waals surface area contributed by atoms with Gasteiger partial charge in [-0.05, 0) is 17.7 Å². The number of esters is 1. The minimum atomic E-state index is -0.723. The highest BCUT2D eigenvalue weighted by molar-refractivity contribution is 8.00. The number of methoxy groups -OCH3 is 1. The molecule has 2 fully saturated rings. The van der Waals surface area contributed by atoms with E-state index >= 15 is 0 Å². The van der Waals surface area contributed by atoms with E-state index in [0.29, 0.717) is 17.3 Å². The highest BCUT2D eigenvalue weighted by atomic mass is 35.5. The Hall–Kier alpha value is -1.73. The molecule has 1 aromatic carbocycles. The van der Waals surface area contributed by atoms with Crippen LogP contribution in [0.15, 0.2) is 24.3 Å². The number of nitrogens with zero attached hydrogens (tertiary/aromatic N) is 2. The van der Waals surface area contributed by atoms with Gasteiger partial charge in [-0.3, -0.25) is 9.59 Å². The number of benzene rings is 1. The third-order valence-corrected chi connectivity index (χ3v) is 5.40. The van der Waals surface area contributed by atoms with E-state index < -0.39 is 17.4 Å². The van der Waals surface area contributed by atoms with Crippen LogP contribution < -0.4 is 0 Å². The zero-order chi connectivity index (χ0) is 16.6. The SMILES string of the molecule is COC(=O)[C@H]1SC[C@H]2C(=O)N(Cc3ccc(Cl)cc3)CC(=O)N12. The first-order valence-corrected chi connectivity index (χ1v) is 8.47. The Kier molecular flexibility index (Phi) is 4.50. The predicted molar refractivity (Wildman–Crippen MR) is 85.8 cm³/mol. The van der Waals surface area contributed by atoms with Crippen LogP contribution in [0.25, 0.3) is 0 Å². The molecule has 2 heterocycles. The zero-order valence-electron chi connectivity index (χ0n) is 12.4. The fourth-order valence-electron chi connectivity index (χ4n) is 2.76. The number of rotatable bonds is 3. The molecule has 23 heavy (non-hydrogen) atoms. The molecule has 2 saturated heterocycles. The number of carbonyl (C=O) groups excluding carboxylic acids is 3. The summed E-state index contributed by atoms with van der Waals surface area (Å²) in [6.45, 7) is 0.311. The van der Waals surface area contributed by atoms with Crippen molar-refractivity contribution in [2.75, 3.05) is 19.4 Å². The number of hydrogen-bond donors (Lipinski definition) is 0. The Morgan fingerprint density at radius 2 is 2.04 bits per heavy atom. The standard InChI is InChI=1S/C15H15ClN2O4S/c1-22-15(21)14-18-11(8-23-14)13(20)17(7-12(18)19)6-9-2-4-10(16)5-3-9/h2-5,11,14H,6-8H2,1H3/t11-,14+/m0/s1. The van der Waals surface area contributed by atoms with Gasteiger partial charge in [-0.15, -0.1) is 11.8 Å². The number of ether oxygens (including phenoxy) is 1. The molecule has 1 aromatic rings. The second-order valence-electron chi connectivity index (χ2n) is 5.35. The Morgan fingerprint density at radius 1 is 1.35 bits per heavy atom. The first kappa shape index (κ1) is 16.1. The van der Waals surface area contributed by atoms with E-state index in [1.54, 1.807) is 12.1 Å². The number of halogens is 1. The Morgan fingerprint density at radius 3 is 2.70 bits per heavy atom. The van der Waals surface area contributed by atoms with Gasteiger partial charge in [0.05, 0.1) is 7.11 Å². The van der Waals surface area contributed by atoms with Crippen LogP contribution in [0, 0.1) is 0 Å². The van der Waals surface area contributed by atoms with E-state index in [1.165, 1.54) is 28.7 Å². The molecule has 2 atom stereocenters. The quantitative estimate of drug-likeness (QED) is 0.761. The molecule has 0 aliphatic carbocycles. The molecule has 0 N–H and O–H groups in total. The number of fused-ring (bicyclic) bond motifs is 1. The van der Waals surface area contributed by atoms with Crippen molar-refractivity contribution in [1.82, 2.24) is 9.80 Å². The summed E-state index contributed by atoms with van der Waals surface area (Å²) in [6.07, 6.45) is 0. The van der Waals surface area contributed by atoms with E-state index in [2.05, 4.69) is 0 Å². The average molecular weight is 355 g/mol. The van der Waals surface area contributed by atoms with Crippen molar-refractivity contribution in [3.05, 3.63) is 34.9 Å². The van der Waals surface area contributed by atoms with E-state index in [9.17, 15) is 14.4 Å². The lowest BCUT2D eigenvalue weighted by Gasteiger charge is -2.37. The van der Waals surface area contributed by atoms with E-state index in [0.717, 1.165) is 5.56 Å². The van der Waals surface area contributed by atoms with Crippen LogP contribution in [0.2, 0.25) is 5.02 Å². The fraction of sp³-hybridized carbons (Fsp3) is 0.400. The summed E-state index contributed by atoms with van der Waals surface area (Å²) in [5.41, 5.74) is 0.902. The lowest BCUT2D eigenvalue weighted by atomic mass is 10.1. The van der Waals surface area contributed by atoms with Crippen LogP contribution in [-0.4, -0.2) is 58.4 Å². The molecule has 0 spiro atoms. The number of thioether (sulfide) groups is 1. The third kappa shape index (κ3) is 3.03. The van der Waals surface area contributed by atoms with Crippen LogP contribution in [-0.2, 0) is 25.7 Å². The zero-order valence-corrected chi connectivity index (χ0v) is 14.0. The number of piperazine rings is 1. The van der Waals surface area contributed by atoms with Crippen molar-refractivity contribution in [1.29, 1.82) is 0 Å². The predicted octanol–water partition coefficient (Wildman–Crippen LogP) is 1.13. The molecule has 8 heteroatoms. The molecule has 122 valence electrons. The lowest BCUT2D eigenvalue weighted by Crippen LogP contribution is -2.60. The maximum Gasteiger partial charge on any atom is 0.339 e. The Bertz CT molecular complexity index is 651. The van der Waals surface area contributed by atoms with Gasteiger partial charge in [0.1, 0.15) is 12.6 Å². The van der Waals surface area contributed by atoms with Crippen molar-refractivity contribution in [2.45, 2.75) is 18.0 Å². The van der Waals surface area contributed by atoms with Gasteiger partial charge in [0, 0.05) is 17.3 Å². The van der Waals surface area contributed by atoms with Crippen molar-refractivity contribution in [3.63, 3.8) is 0 Å². The van der Waals surface area contributed by atoms with Crippen LogP contribution in [0.3, 0.4) is 0 Å². The normalized spacial score (nSPS) is 23.9. The monoisotopic (exact) mass is 354 g/mol. The second kappa shape index (κ2) is 6.41. The molecular formula is C15H15ClN2O4S. The molecule has 0 unspecified atom stereocenters. The summed E-state index contributed by atoms with van der Waals surface area (Å²) in [4.78, 5) is 39.6. The molecule has 2 amide bonds. The molecule has 3 rings (SSSR count). The minimum Gasteiger partial charge on any atom is -0.467 e. The first-order chi connectivity index (χ1) is 11.0. The largest absolute Gasteiger partial charge is 0.467 e. The van der Waals surface area contributed by atoms with Gasteiger partial charge >= 0.3 is 5.97 Å². The first-order valence-electron chi connectivity index (χ1n) is 7.05. The third-order valence-electron chi connectivity index (χ3n) is 3.90. The number of carbonyl (C=O) groups is 3. The average Bonchev–Trinajstić information content (AvgIpc) is 2.99. The molecular weight excluding hydrogens is 340 g/mol. The molecule has 2 aliphatic heterocycles. The molecule has 2 aliphatic rings. The van der Waals surface area contributed by atoms with Gasteiger partial charge in [0.2, 0.25) is 11.8 Å². The minimum absolute atomic E-state index is 0.0357. The molecule has 0 aromatic heterocycles. The lowest BCUT2D eigenvalue weighted by molar-refractivity contribution is -0.160. The maximum absolute atomic E-state index is 12.6. The molecule has 0 radical (unpaired) electrons. The maximum atomic E-state index is 12.6. The summed E-state index contributed by atoms with van der Waals surface area (Å²) >= 11 is 7.11. The van der Waals surface area contributed by atoms with Gasteiger partial charge in [-0.1, -0.05) is 23.7 Å². The Balaban J connectivity index is 1.76. The molecule has 0 saturated carbocycles. The number of amides is 2. The van der Waals surface area contributed by atoms with Crippen LogP contribution in [0.4, 0.5) is 0 Å². The fourth-order valence-corrected chi connectivity index (χ4v) is 4.21. The van der Waals surface area contributed by atoms with E-state index in [-0.39, 0.29) is 18.4 Å². The summed E-state index contributed by atoms with van der Waals surface area (Å²) in [5, 5.41) is -0.104. The summed E-state index contributed by atoms with van der Waals surface area (Å²) < 4.78 is 4.71. The van der Waals surface area contributed by atoms with Crippen LogP contribution >= 0.6 is 23.4 Å². The second-order valence-corrected chi connectivity index (χ2v) is 6.90. The highest BCUT2D eigenvalue weighted by Gasteiger charge is 2.50. The Labute approximate surface area is 142 Å². The van der Waals surface area contributed by atoms with Gasteiger partial charge < -0.3 is 14.5 Å². The summed E-state index contributed by atoms with van der Waals surface area (Å²) in [6, 6.07) is 6.55. The summed E-state index contributed by atoms with van der Waals surface area (Å²) in [5.74, 6) is -0.464. The van der Waals surface area contributed by atoms with Crippen molar-refractivity contribution in [2.24, 2.45) is 0 Å². The molecule has 0 bridgehead atoms. The van der Waals surface area contributed by atoms with Crippen LogP contribution in [0.5, 0.6) is 0 Å². The smallest absolute Gasteiger partial charge is 0.339 e. The summed E-state index contributed by atoms with van der Waals surface area (Å²) in [7, 11) is 1.28. The van der Waals surface area contributed by atoms with Crippen molar-refractivity contribution in [3.8, 4) is 0 Å². The van der Waals surface area contributed by atoms with Gasteiger partial charge in [0.15, 0.2) is 5.37 Å². The molecule has 6 nitrogen and oxygen atoms in total. The van der Waals surface area contributed by atoms with E-state index in [1.807, 2.05) is 12.1 Å². The van der Waals surface area contributed by atoms with Crippen molar-refractivity contribution >= 4 is 41.1 Å². The van der Waals surface area contributed by atoms with Crippen molar-refractivity contribution < 1.29 is 19.1 Å². The number of hydrogen-bond acceptors (Lipinski definition) is 5.